The Hall–Kier alpha value is -1.44. The van der Waals surface area contributed by atoms with Crippen LogP contribution in [0.25, 0.3) is 0 Å². The van der Waals surface area contributed by atoms with Crippen LogP contribution in [0.4, 0.5) is 0 Å². The molecule has 1 aromatic rings. The zero-order chi connectivity index (χ0) is 15.3. The van der Waals surface area contributed by atoms with Crippen molar-refractivity contribution in [3.63, 3.8) is 0 Å². The van der Waals surface area contributed by atoms with Gasteiger partial charge in [-0.1, -0.05) is 25.1 Å². The van der Waals surface area contributed by atoms with Gasteiger partial charge in [-0.3, -0.25) is 4.79 Å². The van der Waals surface area contributed by atoms with E-state index in [-0.39, 0.29) is 23.9 Å². The van der Waals surface area contributed by atoms with Crippen LogP contribution >= 0.6 is 0 Å². The molecule has 0 spiro atoms. The summed E-state index contributed by atoms with van der Waals surface area (Å²) in [5.41, 5.74) is 6.13. The standard InChI is InChI=1S/C13H21N3O3S/c1-10(13(17)15-2)9-16(3)20(18,19)12-7-5-4-6-11(12)8-14/h4-7,10H,8-9,14H2,1-3H3,(H,15,17). The predicted molar refractivity (Wildman–Crippen MR) is 77.4 cm³/mol. The normalized spacial score (nSPS) is 13.2. The highest BCUT2D eigenvalue weighted by Crippen LogP contribution is 2.19. The molecule has 0 aliphatic rings. The van der Waals surface area contributed by atoms with E-state index in [0.717, 1.165) is 0 Å². The molecule has 1 amide bonds. The van der Waals surface area contributed by atoms with Gasteiger partial charge >= 0.3 is 0 Å². The minimum absolute atomic E-state index is 0.112. The molecule has 20 heavy (non-hydrogen) atoms. The first-order chi connectivity index (χ1) is 9.34. The summed E-state index contributed by atoms with van der Waals surface area (Å²) in [6, 6.07) is 6.61. The van der Waals surface area contributed by atoms with Crippen LogP contribution in [0.2, 0.25) is 0 Å². The Balaban J connectivity index is 3.01. The van der Waals surface area contributed by atoms with Crippen LogP contribution in [0.1, 0.15) is 12.5 Å². The van der Waals surface area contributed by atoms with Gasteiger partial charge in [-0.15, -0.1) is 0 Å². The predicted octanol–water partition coefficient (Wildman–Crippen LogP) is 0.148. The molecule has 6 nitrogen and oxygen atoms in total. The molecule has 112 valence electrons. The monoisotopic (exact) mass is 299 g/mol. The van der Waals surface area contributed by atoms with E-state index in [1.807, 2.05) is 0 Å². The third kappa shape index (κ3) is 3.56. The van der Waals surface area contributed by atoms with E-state index in [0.29, 0.717) is 5.56 Å². The number of amides is 1. The molecule has 0 saturated heterocycles. The fourth-order valence-electron chi connectivity index (χ4n) is 1.91. The van der Waals surface area contributed by atoms with Gasteiger partial charge in [0.15, 0.2) is 0 Å². The lowest BCUT2D eigenvalue weighted by Gasteiger charge is -2.21. The zero-order valence-electron chi connectivity index (χ0n) is 12.0. The molecular formula is C13H21N3O3S. The maximum absolute atomic E-state index is 12.5. The number of sulfonamides is 1. The van der Waals surface area contributed by atoms with Crippen molar-refractivity contribution in [1.29, 1.82) is 0 Å². The Morgan fingerprint density at radius 2 is 2.00 bits per heavy atom. The molecule has 0 bridgehead atoms. The Morgan fingerprint density at radius 1 is 1.40 bits per heavy atom. The first-order valence-electron chi connectivity index (χ1n) is 6.30. The summed E-state index contributed by atoms with van der Waals surface area (Å²) in [5.74, 6) is -0.621. The van der Waals surface area contributed by atoms with Gasteiger partial charge in [-0.05, 0) is 11.6 Å². The molecule has 3 N–H and O–H groups in total. The van der Waals surface area contributed by atoms with Gasteiger partial charge in [0.25, 0.3) is 0 Å². The van der Waals surface area contributed by atoms with Crippen molar-refractivity contribution in [2.24, 2.45) is 11.7 Å². The molecule has 0 aromatic heterocycles. The first kappa shape index (κ1) is 16.6. The number of nitrogens with zero attached hydrogens (tertiary/aromatic N) is 1. The van der Waals surface area contributed by atoms with Gasteiger partial charge in [-0.25, -0.2) is 12.7 Å². The maximum Gasteiger partial charge on any atom is 0.243 e. The van der Waals surface area contributed by atoms with Gasteiger partial charge in [0.05, 0.1) is 4.90 Å². The summed E-state index contributed by atoms with van der Waals surface area (Å²) >= 11 is 0. The summed E-state index contributed by atoms with van der Waals surface area (Å²) < 4.78 is 26.2. The number of hydrogen-bond donors (Lipinski definition) is 2. The number of carbonyl (C=O) groups excluding carboxylic acids is 1. The average Bonchev–Trinajstić information content (AvgIpc) is 2.45. The van der Waals surface area contributed by atoms with E-state index >= 15 is 0 Å². The first-order valence-corrected chi connectivity index (χ1v) is 7.74. The van der Waals surface area contributed by atoms with Gasteiger partial charge in [0.2, 0.25) is 15.9 Å². The second-order valence-corrected chi connectivity index (χ2v) is 6.63. The molecule has 7 heteroatoms. The second kappa shape index (κ2) is 6.83. The van der Waals surface area contributed by atoms with E-state index in [2.05, 4.69) is 5.32 Å². The van der Waals surface area contributed by atoms with Crippen LogP contribution in [0.15, 0.2) is 29.2 Å². The maximum atomic E-state index is 12.5. The molecular weight excluding hydrogens is 278 g/mol. The van der Waals surface area contributed by atoms with E-state index in [4.69, 9.17) is 5.73 Å². The van der Waals surface area contributed by atoms with Crippen LogP contribution in [0.3, 0.4) is 0 Å². The van der Waals surface area contributed by atoms with E-state index < -0.39 is 15.9 Å². The molecule has 0 fully saturated rings. The van der Waals surface area contributed by atoms with Crippen molar-refractivity contribution in [2.75, 3.05) is 20.6 Å². The van der Waals surface area contributed by atoms with E-state index in [1.54, 1.807) is 25.1 Å². The lowest BCUT2D eigenvalue weighted by atomic mass is 10.2. The highest BCUT2D eigenvalue weighted by Gasteiger charge is 2.26. The van der Waals surface area contributed by atoms with Crippen molar-refractivity contribution < 1.29 is 13.2 Å². The van der Waals surface area contributed by atoms with Crippen LogP contribution in [-0.4, -0.2) is 39.3 Å². The highest BCUT2D eigenvalue weighted by molar-refractivity contribution is 7.89. The summed E-state index contributed by atoms with van der Waals surface area (Å²) in [7, 11) is -0.660. The lowest BCUT2D eigenvalue weighted by molar-refractivity contribution is -0.124. The molecule has 1 atom stereocenters. The Kier molecular flexibility index (Phi) is 5.67. The smallest absolute Gasteiger partial charge is 0.243 e. The van der Waals surface area contributed by atoms with Crippen molar-refractivity contribution >= 4 is 15.9 Å². The highest BCUT2D eigenvalue weighted by atomic mass is 32.2. The van der Waals surface area contributed by atoms with Gasteiger partial charge in [-0.2, -0.15) is 0 Å². The van der Waals surface area contributed by atoms with Crippen molar-refractivity contribution in [1.82, 2.24) is 9.62 Å². The SMILES string of the molecule is CNC(=O)C(C)CN(C)S(=O)(=O)c1ccccc1CN. The number of carbonyl (C=O) groups is 1. The topological polar surface area (TPSA) is 92.5 Å². The summed E-state index contributed by atoms with van der Waals surface area (Å²) in [6.07, 6.45) is 0. The molecule has 0 saturated carbocycles. The van der Waals surface area contributed by atoms with Gasteiger partial charge < -0.3 is 11.1 Å². The average molecular weight is 299 g/mol. The Labute approximate surface area is 120 Å². The molecule has 1 rings (SSSR count). The molecule has 0 aliphatic carbocycles. The van der Waals surface area contributed by atoms with Gasteiger partial charge in [0, 0.05) is 33.1 Å². The number of nitrogens with one attached hydrogen (secondary N) is 1. The number of benzene rings is 1. The quantitative estimate of drug-likeness (QED) is 0.782. The minimum Gasteiger partial charge on any atom is -0.359 e. The van der Waals surface area contributed by atoms with Crippen LogP contribution < -0.4 is 11.1 Å². The summed E-state index contributed by atoms with van der Waals surface area (Å²) in [6.45, 7) is 1.94. The van der Waals surface area contributed by atoms with Crippen molar-refractivity contribution in [2.45, 2.75) is 18.4 Å². The van der Waals surface area contributed by atoms with Crippen LogP contribution in [0, 0.1) is 5.92 Å². The summed E-state index contributed by atoms with van der Waals surface area (Å²) in [4.78, 5) is 11.7. The molecule has 0 radical (unpaired) electrons. The third-order valence-corrected chi connectivity index (χ3v) is 5.03. The molecule has 0 heterocycles. The van der Waals surface area contributed by atoms with Gasteiger partial charge in [0.1, 0.15) is 0 Å². The molecule has 1 aromatic carbocycles. The number of hydrogen-bond acceptors (Lipinski definition) is 4. The largest absolute Gasteiger partial charge is 0.359 e. The summed E-state index contributed by atoms with van der Waals surface area (Å²) in [5, 5.41) is 2.50. The fourth-order valence-corrected chi connectivity index (χ4v) is 3.39. The lowest BCUT2D eigenvalue weighted by Crippen LogP contribution is -2.37. The van der Waals surface area contributed by atoms with E-state index in [9.17, 15) is 13.2 Å². The Bertz CT molecular complexity index is 572. The third-order valence-electron chi connectivity index (χ3n) is 3.11. The van der Waals surface area contributed by atoms with Crippen molar-refractivity contribution in [3.8, 4) is 0 Å². The van der Waals surface area contributed by atoms with Crippen molar-refractivity contribution in [3.05, 3.63) is 29.8 Å². The number of rotatable bonds is 6. The minimum atomic E-state index is -3.65. The zero-order valence-corrected chi connectivity index (χ0v) is 12.8. The van der Waals surface area contributed by atoms with E-state index in [1.165, 1.54) is 24.5 Å². The number of nitrogens with two attached hydrogens (primary N) is 1. The second-order valence-electron chi connectivity index (χ2n) is 4.61. The van der Waals surface area contributed by atoms with Crippen LogP contribution in [0.5, 0.6) is 0 Å². The Morgan fingerprint density at radius 3 is 2.55 bits per heavy atom. The van der Waals surface area contributed by atoms with Crippen LogP contribution in [-0.2, 0) is 21.4 Å². The molecule has 1 unspecified atom stereocenters. The molecule has 0 aliphatic heterocycles. The fraction of sp³-hybridized carbons (Fsp3) is 0.462.